The van der Waals surface area contributed by atoms with Gasteiger partial charge in [-0.05, 0) is 31.9 Å². The highest BCUT2D eigenvalue weighted by Gasteiger charge is 2.33. The molecule has 0 unspecified atom stereocenters. The van der Waals surface area contributed by atoms with Gasteiger partial charge in [0.05, 0.1) is 18.4 Å². The Bertz CT molecular complexity index is 1060. The van der Waals surface area contributed by atoms with Crippen molar-refractivity contribution < 1.29 is 23.3 Å². The number of amides is 2. The molecule has 1 aliphatic heterocycles. The van der Waals surface area contributed by atoms with Gasteiger partial charge in [-0.15, -0.1) is 0 Å². The minimum absolute atomic E-state index is 0.00617. The van der Waals surface area contributed by atoms with Gasteiger partial charge in [-0.25, -0.2) is 0 Å². The van der Waals surface area contributed by atoms with Crippen LogP contribution in [0.15, 0.2) is 39.3 Å². The zero-order valence-electron chi connectivity index (χ0n) is 19.0. The fourth-order valence-electron chi connectivity index (χ4n) is 4.01. The zero-order chi connectivity index (χ0) is 22.8. The summed E-state index contributed by atoms with van der Waals surface area (Å²) in [5.74, 6) is 0.834. The third-order valence-electron chi connectivity index (χ3n) is 5.68. The molecule has 1 aromatic carbocycles. The van der Waals surface area contributed by atoms with Crippen molar-refractivity contribution in [1.29, 1.82) is 0 Å². The summed E-state index contributed by atoms with van der Waals surface area (Å²) in [4.78, 5) is 29.6. The molecule has 2 aromatic heterocycles. The van der Waals surface area contributed by atoms with Gasteiger partial charge >= 0.3 is 0 Å². The van der Waals surface area contributed by atoms with E-state index in [1.54, 1.807) is 11.0 Å². The Labute approximate surface area is 187 Å². The molecule has 0 aliphatic carbocycles. The fraction of sp³-hybridized carbons (Fsp3) is 0.458. The molecule has 3 heterocycles. The Morgan fingerprint density at radius 1 is 1.25 bits per heavy atom. The highest BCUT2D eigenvalue weighted by molar-refractivity contribution is 5.98. The van der Waals surface area contributed by atoms with Crippen molar-refractivity contribution in [1.82, 2.24) is 15.0 Å². The molecule has 0 spiro atoms. The summed E-state index contributed by atoms with van der Waals surface area (Å²) in [6, 6.07) is 9.18. The van der Waals surface area contributed by atoms with Crippen LogP contribution in [-0.4, -0.2) is 59.1 Å². The largest absolute Gasteiger partial charge is 0.451 e. The molecule has 32 heavy (non-hydrogen) atoms. The number of nitrogens with zero attached hydrogens (tertiary/aromatic N) is 3. The maximum absolute atomic E-state index is 13.3. The van der Waals surface area contributed by atoms with E-state index in [1.165, 1.54) is 4.90 Å². The number of benzene rings is 1. The number of rotatable bonds is 6. The number of carbonyl (C=O) groups excluding carboxylic acids is 2. The standard InChI is InChI=1S/C24H29N3O5/c1-15(2)10-26-11-19(30-14-20-16(3)25-32-17(20)4)12-27(13-23(26)28)24(29)22-9-18-7-5-6-8-21(18)31-22/h5-9,15,19H,10-14H2,1-4H3/t19-/m1/s1. The second-order valence-electron chi connectivity index (χ2n) is 8.76. The van der Waals surface area contributed by atoms with Gasteiger partial charge in [0.15, 0.2) is 5.76 Å². The average molecular weight is 440 g/mol. The maximum atomic E-state index is 13.3. The molecule has 4 rings (SSSR count). The fourth-order valence-corrected chi connectivity index (χ4v) is 4.01. The number of carbonyl (C=O) groups is 2. The molecule has 8 nitrogen and oxygen atoms in total. The molecule has 170 valence electrons. The van der Waals surface area contributed by atoms with E-state index in [-0.39, 0.29) is 30.2 Å². The van der Waals surface area contributed by atoms with Crippen LogP contribution in [0.2, 0.25) is 0 Å². The van der Waals surface area contributed by atoms with Gasteiger partial charge < -0.3 is 23.5 Å². The lowest BCUT2D eigenvalue weighted by Gasteiger charge is -2.25. The number of furan rings is 1. The van der Waals surface area contributed by atoms with Crippen molar-refractivity contribution in [2.75, 3.05) is 26.2 Å². The molecule has 1 saturated heterocycles. The summed E-state index contributed by atoms with van der Waals surface area (Å²) in [7, 11) is 0. The van der Waals surface area contributed by atoms with E-state index >= 15 is 0 Å². The number of fused-ring (bicyclic) bond motifs is 1. The molecular weight excluding hydrogens is 410 g/mol. The van der Waals surface area contributed by atoms with Crippen LogP contribution in [0.3, 0.4) is 0 Å². The van der Waals surface area contributed by atoms with Crippen molar-refractivity contribution in [3.05, 3.63) is 53.1 Å². The van der Waals surface area contributed by atoms with E-state index in [1.807, 2.05) is 38.1 Å². The van der Waals surface area contributed by atoms with Gasteiger partial charge in [-0.3, -0.25) is 9.59 Å². The number of aromatic nitrogens is 1. The van der Waals surface area contributed by atoms with Crippen LogP contribution in [0.5, 0.6) is 0 Å². The molecule has 0 saturated carbocycles. The van der Waals surface area contributed by atoms with E-state index in [0.29, 0.717) is 43.5 Å². The number of hydrogen-bond donors (Lipinski definition) is 0. The number of hydrogen-bond acceptors (Lipinski definition) is 6. The molecule has 0 radical (unpaired) electrons. The molecule has 0 N–H and O–H groups in total. The molecule has 1 fully saturated rings. The first-order valence-corrected chi connectivity index (χ1v) is 10.9. The molecule has 2 amide bonds. The third kappa shape index (κ3) is 4.70. The Kier molecular flexibility index (Phi) is 6.32. The van der Waals surface area contributed by atoms with Crippen LogP contribution in [-0.2, 0) is 16.1 Å². The van der Waals surface area contributed by atoms with E-state index in [9.17, 15) is 9.59 Å². The lowest BCUT2D eigenvalue weighted by molar-refractivity contribution is -0.132. The van der Waals surface area contributed by atoms with Crippen LogP contribution >= 0.6 is 0 Å². The Morgan fingerprint density at radius 2 is 2.03 bits per heavy atom. The summed E-state index contributed by atoms with van der Waals surface area (Å²) >= 11 is 0. The lowest BCUT2D eigenvalue weighted by atomic mass is 10.2. The second kappa shape index (κ2) is 9.16. The molecule has 8 heteroatoms. The summed E-state index contributed by atoms with van der Waals surface area (Å²) in [6.45, 7) is 9.47. The summed E-state index contributed by atoms with van der Waals surface area (Å²) in [5, 5.41) is 4.82. The van der Waals surface area contributed by atoms with E-state index in [4.69, 9.17) is 13.7 Å². The highest BCUT2D eigenvalue weighted by atomic mass is 16.5. The highest BCUT2D eigenvalue weighted by Crippen LogP contribution is 2.22. The maximum Gasteiger partial charge on any atom is 0.290 e. The predicted octanol–water partition coefficient (Wildman–Crippen LogP) is 3.56. The van der Waals surface area contributed by atoms with Crippen LogP contribution in [0.25, 0.3) is 11.0 Å². The van der Waals surface area contributed by atoms with Crippen molar-refractivity contribution in [2.45, 2.75) is 40.4 Å². The van der Waals surface area contributed by atoms with Gasteiger partial charge in [0.2, 0.25) is 5.91 Å². The smallest absolute Gasteiger partial charge is 0.290 e. The molecule has 1 atom stereocenters. The van der Waals surface area contributed by atoms with Gasteiger partial charge in [-0.2, -0.15) is 0 Å². The van der Waals surface area contributed by atoms with E-state index in [2.05, 4.69) is 19.0 Å². The third-order valence-corrected chi connectivity index (χ3v) is 5.68. The van der Waals surface area contributed by atoms with Crippen molar-refractivity contribution in [3.8, 4) is 0 Å². The second-order valence-corrected chi connectivity index (χ2v) is 8.76. The molecule has 1 aliphatic rings. The van der Waals surface area contributed by atoms with Crippen LogP contribution in [0.4, 0.5) is 0 Å². The Balaban J connectivity index is 1.55. The normalized spacial score (nSPS) is 17.4. The minimum Gasteiger partial charge on any atom is -0.451 e. The van der Waals surface area contributed by atoms with Gasteiger partial charge in [0.1, 0.15) is 17.9 Å². The molecule has 3 aromatic rings. The van der Waals surface area contributed by atoms with Crippen LogP contribution < -0.4 is 0 Å². The summed E-state index contributed by atoms with van der Waals surface area (Å²) in [6.07, 6.45) is -0.345. The monoisotopic (exact) mass is 439 g/mol. The number of aryl methyl sites for hydroxylation is 2. The first-order valence-electron chi connectivity index (χ1n) is 10.9. The first kappa shape index (κ1) is 22.1. The number of para-hydroxylation sites is 1. The zero-order valence-corrected chi connectivity index (χ0v) is 19.0. The Hall–Kier alpha value is -3.13. The van der Waals surface area contributed by atoms with Gasteiger partial charge in [-0.1, -0.05) is 37.2 Å². The summed E-state index contributed by atoms with van der Waals surface area (Å²) < 4.78 is 17.2. The van der Waals surface area contributed by atoms with Crippen molar-refractivity contribution in [3.63, 3.8) is 0 Å². The van der Waals surface area contributed by atoms with E-state index < -0.39 is 0 Å². The van der Waals surface area contributed by atoms with Crippen LogP contribution in [0.1, 0.15) is 41.4 Å². The van der Waals surface area contributed by atoms with E-state index in [0.717, 1.165) is 16.6 Å². The lowest BCUT2D eigenvalue weighted by Crippen LogP contribution is -2.40. The SMILES string of the molecule is Cc1noc(C)c1CO[C@@H]1CN(CC(C)C)C(=O)CN(C(=O)c2cc3ccccc3o2)C1. The quantitative estimate of drug-likeness (QED) is 0.583. The topological polar surface area (TPSA) is 89.0 Å². The minimum atomic E-state index is -0.345. The van der Waals surface area contributed by atoms with Gasteiger partial charge in [0.25, 0.3) is 5.91 Å². The van der Waals surface area contributed by atoms with Crippen molar-refractivity contribution >= 4 is 22.8 Å². The first-order chi connectivity index (χ1) is 15.3. The van der Waals surface area contributed by atoms with Gasteiger partial charge in [0, 0.05) is 30.6 Å². The average Bonchev–Trinajstić information content (AvgIpc) is 3.28. The molecular formula is C24H29N3O5. The molecule has 0 bridgehead atoms. The Morgan fingerprint density at radius 3 is 2.72 bits per heavy atom. The number of ether oxygens (including phenoxy) is 1. The summed E-state index contributed by atoms with van der Waals surface area (Å²) in [5.41, 5.74) is 2.32. The van der Waals surface area contributed by atoms with Crippen LogP contribution in [0, 0.1) is 19.8 Å². The predicted molar refractivity (Wildman–Crippen MR) is 118 cm³/mol. The van der Waals surface area contributed by atoms with Crippen molar-refractivity contribution in [2.24, 2.45) is 5.92 Å².